The van der Waals surface area contributed by atoms with Crippen LogP contribution in [0.1, 0.15) is 19.8 Å². The van der Waals surface area contributed by atoms with E-state index in [1.807, 2.05) is 0 Å². The molecule has 1 amide bonds. The third-order valence-corrected chi connectivity index (χ3v) is 6.50. The number of piperazine rings is 1. The zero-order chi connectivity index (χ0) is 16.8. The third-order valence-electron chi connectivity index (χ3n) is 4.57. The first kappa shape index (κ1) is 16.2. The van der Waals surface area contributed by atoms with E-state index in [1.165, 1.54) is 23.5 Å². The van der Waals surface area contributed by atoms with E-state index in [9.17, 15) is 17.6 Å². The molecule has 0 aliphatic carbocycles. The van der Waals surface area contributed by atoms with Crippen LogP contribution >= 0.6 is 0 Å². The van der Waals surface area contributed by atoms with Crippen LogP contribution in [0.25, 0.3) is 0 Å². The lowest BCUT2D eigenvalue weighted by molar-refractivity contribution is -0.139. The summed E-state index contributed by atoms with van der Waals surface area (Å²) in [5.74, 6) is -0.947. The van der Waals surface area contributed by atoms with Gasteiger partial charge in [0.05, 0.1) is 12.0 Å². The van der Waals surface area contributed by atoms with Crippen LogP contribution in [-0.2, 0) is 14.8 Å². The summed E-state index contributed by atoms with van der Waals surface area (Å²) in [6.45, 7) is 2.51. The maximum absolute atomic E-state index is 13.9. The number of fused-ring (bicyclic) bond motifs is 1. The van der Waals surface area contributed by atoms with E-state index in [0.29, 0.717) is 6.54 Å². The minimum Gasteiger partial charge on any atom is -0.494 e. The largest absolute Gasteiger partial charge is 0.494 e. The number of sulfonamides is 1. The first-order chi connectivity index (χ1) is 10.9. The van der Waals surface area contributed by atoms with Gasteiger partial charge in [-0.2, -0.15) is 4.31 Å². The normalized spacial score (nSPS) is 25.5. The fraction of sp³-hybridized carbons (Fsp3) is 0.533. The summed E-state index contributed by atoms with van der Waals surface area (Å²) >= 11 is 0. The SMILES string of the molecule is COc1ccc(S(=O)(=O)N2C[C@H]3CCCN3C(=O)[C@@H]2C)cc1F. The molecule has 6 nitrogen and oxygen atoms in total. The molecule has 0 spiro atoms. The average Bonchev–Trinajstić information content (AvgIpc) is 2.99. The van der Waals surface area contributed by atoms with E-state index in [-0.39, 0.29) is 29.1 Å². The number of halogens is 1. The molecule has 3 rings (SSSR count). The van der Waals surface area contributed by atoms with Gasteiger partial charge in [0.15, 0.2) is 11.6 Å². The first-order valence-corrected chi connectivity index (χ1v) is 8.96. The Morgan fingerprint density at radius 1 is 1.35 bits per heavy atom. The molecule has 1 aromatic rings. The number of rotatable bonds is 3. The predicted octanol–water partition coefficient (Wildman–Crippen LogP) is 1.22. The number of ether oxygens (including phenoxy) is 1. The molecular weight excluding hydrogens is 323 g/mol. The van der Waals surface area contributed by atoms with Crippen molar-refractivity contribution in [1.82, 2.24) is 9.21 Å². The average molecular weight is 342 g/mol. The van der Waals surface area contributed by atoms with E-state index in [2.05, 4.69) is 0 Å². The second kappa shape index (κ2) is 5.76. The van der Waals surface area contributed by atoms with Crippen molar-refractivity contribution in [2.24, 2.45) is 0 Å². The molecule has 8 heteroatoms. The van der Waals surface area contributed by atoms with Crippen molar-refractivity contribution in [2.75, 3.05) is 20.2 Å². The van der Waals surface area contributed by atoms with Crippen LogP contribution in [0.5, 0.6) is 5.75 Å². The molecular formula is C15H19FN2O4S. The molecule has 0 N–H and O–H groups in total. The van der Waals surface area contributed by atoms with Crippen LogP contribution in [0.2, 0.25) is 0 Å². The van der Waals surface area contributed by atoms with Crippen molar-refractivity contribution in [3.63, 3.8) is 0 Å². The number of benzene rings is 1. The third kappa shape index (κ3) is 2.59. The molecule has 0 radical (unpaired) electrons. The van der Waals surface area contributed by atoms with Gasteiger partial charge < -0.3 is 9.64 Å². The van der Waals surface area contributed by atoms with Crippen molar-refractivity contribution >= 4 is 15.9 Å². The van der Waals surface area contributed by atoms with Gasteiger partial charge in [-0.05, 0) is 38.0 Å². The van der Waals surface area contributed by atoms with Crippen molar-refractivity contribution in [3.8, 4) is 5.75 Å². The predicted molar refractivity (Wildman–Crippen MR) is 81.0 cm³/mol. The molecule has 2 heterocycles. The molecule has 2 atom stereocenters. The molecule has 0 saturated carbocycles. The van der Waals surface area contributed by atoms with E-state index >= 15 is 0 Å². The van der Waals surface area contributed by atoms with Crippen molar-refractivity contribution in [2.45, 2.75) is 36.7 Å². The maximum Gasteiger partial charge on any atom is 0.243 e. The second-order valence-corrected chi connectivity index (χ2v) is 7.77. The minimum atomic E-state index is -3.94. The lowest BCUT2D eigenvalue weighted by Crippen LogP contribution is -2.59. The molecule has 2 aliphatic rings. The number of hydrogen-bond donors (Lipinski definition) is 0. The maximum atomic E-state index is 13.9. The topological polar surface area (TPSA) is 66.9 Å². The van der Waals surface area contributed by atoms with E-state index in [4.69, 9.17) is 4.74 Å². The van der Waals surface area contributed by atoms with Crippen LogP contribution < -0.4 is 4.74 Å². The Balaban J connectivity index is 1.95. The number of amides is 1. The highest BCUT2D eigenvalue weighted by Gasteiger charge is 2.45. The number of carbonyl (C=O) groups is 1. The lowest BCUT2D eigenvalue weighted by atomic mass is 10.1. The smallest absolute Gasteiger partial charge is 0.243 e. The molecule has 126 valence electrons. The Morgan fingerprint density at radius 2 is 2.09 bits per heavy atom. The quantitative estimate of drug-likeness (QED) is 0.828. The molecule has 2 saturated heterocycles. The molecule has 1 aromatic carbocycles. The van der Waals surface area contributed by atoms with Gasteiger partial charge in [0, 0.05) is 19.1 Å². The molecule has 23 heavy (non-hydrogen) atoms. The van der Waals surface area contributed by atoms with Crippen LogP contribution in [0.15, 0.2) is 23.1 Å². The zero-order valence-corrected chi connectivity index (χ0v) is 13.8. The van der Waals surface area contributed by atoms with Crippen molar-refractivity contribution in [1.29, 1.82) is 0 Å². The molecule has 0 bridgehead atoms. The minimum absolute atomic E-state index is 0.0197. The summed E-state index contributed by atoms with van der Waals surface area (Å²) in [5.41, 5.74) is 0. The van der Waals surface area contributed by atoms with E-state index < -0.39 is 21.9 Å². The van der Waals surface area contributed by atoms with Crippen LogP contribution in [0.3, 0.4) is 0 Å². The Hall–Kier alpha value is -1.67. The Bertz CT molecular complexity index is 737. The van der Waals surface area contributed by atoms with E-state index in [0.717, 1.165) is 18.9 Å². The van der Waals surface area contributed by atoms with Crippen LogP contribution in [-0.4, -0.2) is 55.8 Å². The summed E-state index contributed by atoms with van der Waals surface area (Å²) < 4.78 is 45.5. The number of methoxy groups -OCH3 is 1. The lowest BCUT2D eigenvalue weighted by Gasteiger charge is -2.40. The summed E-state index contributed by atoms with van der Waals surface area (Å²) in [7, 11) is -2.63. The van der Waals surface area contributed by atoms with Gasteiger partial charge in [0.2, 0.25) is 15.9 Å². The summed E-state index contributed by atoms with van der Waals surface area (Å²) in [6.07, 6.45) is 1.68. The molecule has 0 unspecified atom stereocenters. The van der Waals surface area contributed by atoms with Gasteiger partial charge in [-0.15, -0.1) is 0 Å². The standard InChI is InChI=1S/C15H19FN2O4S/c1-10-15(19)17-7-3-4-11(17)9-18(10)23(20,21)12-5-6-14(22-2)13(16)8-12/h5-6,8,10-11H,3-4,7,9H2,1-2H3/t10-,11+/m0/s1. The Kier molecular flexibility index (Phi) is 4.05. The summed E-state index contributed by atoms with van der Waals surface area (Å²) in [6, 6.07) is 2.65. The first-order valence-electron chi connectivity index (χ1n) is 7.52. The van der Waals surface area contributed by atoms with Crippen LogP contribution in [0.4, 0.5) is 4.39 Å². The monoisotopic (exact) mass is 342 g/mol. The van der Waals surface area contributed by atoms with Gasteiger partial charge in [0.25, 0.3) is 0 Å². The summed E-state index contributed by atoms with van der Waals surface area (Å²) in [4.78, 5) is 14.0. The number of hydrogen-bond acceptors (Lipinski definition) is 4. The second-order valence-electron chi connectivity index (χ2n) is 5.87. The summed E-state index contributed by atoms with van der Waals surface area (Å²) in [5, 5.41) is 0. The molecule has 0 aromatic heterocycles. The van der Waals surface area contributed by atoms with Gasteiger partial charge >= 0.3 is 0 Å². The molecule has 2 aliphatic heterocycles. The van der Waals surface area contributed by atoms with Crippen molar-refractivity contribution < 1.29 is 22.3 Å². The van der Waals surface area contributed by atoms with Gasteiger partial charge in [-0.1, -0.05) is 0 Å². The highest BCUT2D eigenvalue weighted by Crippen LogP contribution is 2.31. The van der Waals surface area contributed by atoms with Gasteiger partial charge in [-0.3, -0.25) is 4.79 Å². The number of nitrogens with zero attached hydrogens (tertiary/aromatic N) is 2. The Labute approximate surface area is 134 Å². The zero-order valence-electron chi connectivity index (χ0n) is 13.0. The van der Waals surface area contributed by atoms with Crippen LogP contribution in [0, 0.1) is 5.82 Å². The van der Waals surface area contributed by atoms with Crippen molar-refractivity contribution in [3.05, 3.63) is 24.0 Å². The fourth-order valence-corrected chi connectivity index (χ4v) is 4.93. The van der Waals surface area contributed by atoms with Gasteiger partial charge in [-0.25, -0.2) is 12.8 Å². The Morgan fingerprint density at radius 3 is 2.74 bits per heavy atom. The highest BCUT2D eigenvalue weighted by molar-refractivity contribution is 7.89. The van der Waals surface area contributed by atoms with E-state index in [1.54, 1.807) is 11.8 Å². The fourth-order valence-electron chi connectivity index (χ4n) is 3.29. The molecule has 2 fully saturated rings. The highest BCUT2D eigenvalue weighted by atomic mass is 32.2. The number of carbonyl (C=O) groups excluding carboxylic acids is 1. The van der Waals surface area contributed by atoms with Gasteiger partial charge in [0.1, 0.15) is 6.04 Å².